The Hall–Kier alpha value is -2.07. The highest BCUT2D eigenvalue weighted by Gasteiger charge is 2.09. The van der Waals surface area contributed by atoms with Gasteiger partial charge in [-0.05, 0) is 35.7 Å². The predicted octanol–water partition coefficient (Wildman–Crippen LogP) is 4.79. The molecule has 102 valence electrons. The first-order valence-electron chi connectivity index (χ1n) is 6.54. The molecule has 3 aromatic rings. The van der Waals surface area contributed by atoms with E-state index in [1.165, 1.54) is 5.56 Å². The number of nitrogen functional groups attached to an aromatic ring is 1. The average Bonchev–Trinajstić information content (AvgIpc) is 2.91. The lowest BCUT2D eigenvalue weighted by Gasteiger charge is -2.11. The molecule has 0 saturated carbocycles. The van der Waals surface area contributed by atoms with Gasteiger partial charge in [0.15, 0.2) is 5.75 Å². The third-order valence-electron chi connectivity index (χ3n) is 3.25. The first-order valence-corrected chi connectivity index (χ1v) is 7.42. The molecule has 0 aliphatic rings. The minimum Gasteiger partial charge on any atom is -0.455 e. The highest BCUT2D eigenvalue weighted by molar-refractivity contribution is 7.16. The molecule has 2 aromatic carbocycles. The summed E-state index contributed by atoms with van der Waals surface area (Å²) in [6, 6.07) is 12.0. The summed E-state index contributed by atoms with van der Waals surface area (Å²) in [5, 5.41) is 0. The molecule has 1 heterocycles. The molecule has 20 heavy (non-hydrogen) atoms. The first kappa shape index (κ1) is 12.9. The van der Waals surface area contributed by atoms with Gasteiger partial charge in [0.2, 0.25) is 0 Å². The summed E-state index contributed by atoms with van der Waals surface area (Å²) in [5.74, 6) is 1.93. The first-order chi connectivity index (χ1) is 9.65. The lowest BCUT2D eigenvalue weighted by Crippen LogP contribution is -1.94. The van der Waals surface area contributed by atoms with Crippen LogP contribution in [-0.2, 0) is 0 Å². The third kappa shape index (κ3) is 2.34. The van der Waals surface area contributed by atoms with Crippen molar-refractivity contribution in [2.45, 2.75) is 19.8 Å². The lowest BCUT2D eigenvalue weighted by atomic mass is 10.0. The zero-order valence-corrected chi connectivity index (χ0v) is 12.3. The molecule has 1 aromatic heterocycles. The highest BCUT2D eigenvalue weighted by atomic mass is 32.1. The second kappa shape index (κ2) is 5.13. The fourth-order valence-electron chi connectivity index (χ4n) is 2.09. The van der Waals surface area contributed by atoms with Gasteiger partial charge in [0.25, 0.3) is 0 Å². The maximum absolute atomic E-state index is 6.13. The normalized spacial score (nSPS) is 11.2. The number of benzene rings is 2. The Morgan fingerprint density at radius 2 is 2.05 bits per heavy atom. The topological polar surface area (TPSA) is 48.1 Å². The molecule has 3 rings (SSSR count). The fraction of sp³-hybridized carbons (Fsp3) is 0.188. The molecular formula is C16H16N2OS. The maximum atomic E-state index is 6.13. The molecule has 0 amide bonds. The van der Waals surface area contributed by atoms with E-state index in [0.29, 0.717) is 17.4 Å². The van der Waals surface area contributed by atoms with Crippen molar-refractivity contribution in [1.82, 2.24) is 4.98 Å². The van der Waals surface area contributed by atoms with Gasteiger partial charge in [-0.3, -0.25) is 0 Å². The number of anilines is 1. The van der Waals surface area contributed by atoms with Crippen LogP contribution in [0.25, 0.3) is 10.2 Å². The molecule has 0 radical (unpaired) electrons. The van der Waals surface area contributed by atoms with E-state index in [1.807, 2.05) is 24.3 Å². The minimum absolute atomic E-state index is 0.469. The van der Waals surface area contributed by atoms with Gasteiger partial charge in [-0.1, -0.05) is 26.0 Å². The molecule has 0 fully saturated rings. The summed E-state index contributed by atoms with van der Waals surface area (Å²) in [6.45, 7) is 4.32. The zero-order chi connectivity index (χ0) is 14.1. The largest absolute Gasteiger partial charge is 0.455 e. The summed E-state index contributed by atoms with van der Waals surface area (Å²) >= 11 is 1.58. The van der Waals surface area contributed by atoms with Crippen molar-refractivity contribution in [3.8, 4) is 11.5 Å². The second-order valence-corrected chi connectivity index (χ2v) is 5.89. The number of nitrogens with zero attached hydrogens (tertiary/aromatic N) is 1. The number of ether oxygens (including phenoxy) is 1. The average molecular weight is 284 g/mol. The SMILES string of the molecule is CC(C)c1cccc(Oc2ccc3scnc3c2N)c1. The Morgan fingerprint density at radius 1 is 1.20 bits per heavy atom. The summed E-state index contributed by atoms with van der Waals surface area (Å²) in [6.07, 6.45) is 0. The molecule has 0 aliphatic heterocycles. The molecular weight excluding hydrogens is 268 g/mol. The third-order valence-corrected chi connectivity index (χ3v) is 4.05. The van der Waals surface area contributed by atoms with Gasteiger partial charge >= 0.3 is 0 Å². The number of thiazole rings is 1. The zero-order valence-electron chi connectivity index (χ0n) is 11.5. The quantitative estimate of drug-likeness (QED) is 0.703. The van der Waals surface area contributed by atoms with Crippen LogP contribution in [0, 0.1) is 0 Å². The molecule has 0 aliphatic carbocycles. The van der Waals surface area contributed by atoms with E-state index < -0.39 is 0 Å². The number of hydrogen-bond donors (Lipinski definition) is 1. The Morgan fingerprint density at radius 3 is 2.85 bits per heavy atom. The minimum atomic E-state index is 0.469. The Bertz CT molecular complexity index is 749. The Labute approximate surface area is 122 Å². The molecule has 4 heteroatoms. The van der Waals surface area contributed by atoms with Crippen LogP contribution in [0.1, 0.15) is 25.3 Å². The van der Waals surface area contributed by atoms with E-state index in [4.69, 9.17) is 10.5 Å². The van der Waals surface area contributed by atoms with Crippen molar-refractivity contribution in [2.24, 2.45) is 0 Å². The standard InChI is InChI=1S/C16H16N2OS/c1-10(2)11-4-3-5-12(8-11)19-13-6-7-14-16(15(13)17)18-9-20-14/h3-10H,17H2,1-2H3. The van der Waals surface area contributed by atoms with E-state index in [2.05, 4.69) is 31.0 Å². The van der Waals surface area contributed by atoms with Gasteiger partial charge in [0, 0.05) is 0 Å². The predicted molar refractivity (Wildman–Crippen MR) is 84.6 cm³/mol. The van der Waals surface area contributed by atoms with Crippen LogP contribution in [0.15, 0.2) is 41.9 Å². The molecule has 3 nitrogen and oxygen atoms in total. The van der Waals surface area contributed by atoms with E-state index >= 15 is 0 Å². The van der Waals surface area contributed by atoms with Crippen LogP contribution >= 0.6 is 11.3 Å². The highest BCUT2D eigenvalue weighted by Crippen LogP contribution is 2.35. The molecule has 0 spiro atoms. The van der Waals surface area contributed by atoms with E-state index in [1.54, 1.807) is 16.8 Å². The van der Waals surface area contributed by atoms with Crippen LogP contribution < -0.4 is 10.5 Å². The lowest BCUT2D eigenvalue weighted by molar-refractivity contribution is 0.484. The molecule has 0 bridgehead atoms. The molecule has 0 unspecified atom stereocenters. The fourth-order valence-corrected chi connectivity index (χ4v) is 2.78. The van der Waals surface area contributed by atoms with E-state index in [0.717, 1.165) is 16.0 Å². The van der Waals surface area contributed by atoms with Gasteiger partial charge in [-0.2, -0.15) is 0 Å². The maximum Gasteiger partial charge on any atom is 0.152 e. The molecule has 2 N–H and O–H groups in total. The van der Waals surface area contributed by atoms with Crippen molar-refractivity contribution in [2.75, 3.05) is 5.73 Å². The number of aromatic nitrogens is 1. The van der Waals surface area contributed by atoms with Gasteiger partial charge in [0.05, 0.1) is 10.2 Å². The summed E-state index contributed by atoms with van der Waals surface area (Å²) < 4.78 is 6.99. The summed E-state index contributed by atoms with van der Waals surface area (Å²) in [7, 11) is 0. The van der Waals surface area contributed by atoms with Crippen molar-refractivity contribution in [3.05, 3.63) is 47.5 Å². The van der Waals surface area contributed by atoms with Crippen molar-refractivity contribution >= 4 is 27.2 Å². The van der Waals surface area contributed by atoms with Gasteiger partial charge in [0.1, 0.15) is 17.0 Å². The van der Waals surface area contributed by atoms with Crippen LogP contribution in [0.2, 0.25) is 0 Å². The molecule has 0 atom stereocenters. The van der Waals surface area contributed by atoms with Crippen LogP contribution in [0.3, 0.4) is 0 Å². The number of nitrogens with two attached hydrogens (primary N) is 1. The number of rotatable bonds is 3. The second-order valence-electron chi connectivity index (χ2n) is 5.01. The molecule has 0 saturated heterocycles. The van der Waals surface area contributed by atoms with Crippen LogP contribution in [-0.4, -0.2) is 4.98 Å². The monoisotopic (exact) mass is 284 g/mol. The number of fused-ring (bicyclic) bond motifs is 1. The summed E-state index contributed by atoms with van der Waals surface area (Å²) in [5.41, 5.74) is 10.6. The van der Waals surface area contributed by atoms with Crippen molar-refractivity contribution in [1.29, 1.82) is 0 Å². The van der Waals surface area contributed by atoms with Gasteiger partial charge in [-0.25, -0.2) is 4.98 Å². The van der Waals surface area contributed by atoms with Crippen molar-refractivity contribution in [3.63, 3.8) is 0 Å². The van der Waals surface area contributed by atoms with Gasteiger partial charge in [-0.15, -0.1) is 11.3 Å². The smallest absolute Gasteiger partial charge is 0.152 e. The Balaban J connectivity index is 1.96. The summed E-state index contributed by atoms with van der Waals surface area (Å²) in [4.78, 5) is 4.28. The van der Waals surface area contributed by atoms with Crippen molar-refractivity contribution < 1.29 is 4.74 Å². The van der Waals surface area contributed by atoms with Crippen LogP contribution in [0.4, 0.5) is 5.69 Å². The van der Waals surface area contributed by atoms with E-state index in [-0.39, 0.29) is 0 Å². The van der Waals surface area contributed by atoms with E-state index in [9.17, 15) is 0 Å². The Kier molecular flexibility index (Phi) is 3.32. The van der Waals surface area contributed by atoms with Crippen LogP contribution in [0.5, 0.6) is 11.5 Å². The van der Waals surface area contributed by atoms with Gasteiger partial charge < -0.3 is 10.5 Å². The number of hydrogen-bond acceptors (Lipinski definition) is 4.